The molecule has 17 heavy (non-hydrogen) atoms. The van der Waals surface area contributed by atoms with Gasteiger partial charge in [0.25, 0.3) is 0 Å². The van der Waals surface area contributed by atoms with Crippen LogP contribution in [-0.2, 0) is 4.79 Å². The van der Waals surface area contributed by atoms with E-state index in [0.29, 0.717) is 24.9 Å². The summed E-state index contributed by atoms with van der Waals surface area (Å²) in [5.41, 5.74) is 5.57. The molecule has 1 heterocycles. The normalized spacial score (nSPS) is 10.1. The first-order chi connectivity index (χ1) is 8.08. The van der Waals surface area contributed by atoms with Gasteiger partial charge in [0.2, 0.25) is 11.9 Å². The second-order valence-corrected chi connectivity index (χ2v) is 3.70. The van der Waals surface area contributed by atoms with Gasteiger partial charge in [-0.15, -0.1) is 0 Å². The zero-order valence-corrected chi connectivity index (χ0v) is 10.6. The summed E-state index contributed by atoms with van der Waals surface area (Å²) in [4.78, 5) is 23.5. The van der Waals surface area contributed by atoms with Crippen molar-refractivity contribution in [2.45, 2.75) is 13.8 Å². The van der Waals surface area contributed by atoms with E-state index in [1.54, 1.807) is 29.1 Å². The number of anilines is 2. The van der Waals surface area contributed by atoms with Crippen molar-refractivity contribution in [3.8, 4) is 0 Å². The van der Waals surface area contributed by atoms with E-state index >= 15 is 0 Å². The maximum absolute atomic E-state index is 11.9. The quantitative estimate of drug-likeness (QED) is 0.800. The third-order valence-electron chi connectivity index (χ3n) is 2.49. The molecular weight excluding hydrogens is 218 g/mol. The second kappa shape index (κ2) is 6.03. The van der Waals surface area contributed by atoms with Crippen molar-refractivity contribution in [1.29, 1.82) is 0 Å². The van der Waals surface area contributed by atoms with Gasteiger partial charge in [-0.05, 0) is 19.9 Å². The average molecular weight is 237 g/mol. The lowest BCUT2D eigenvalue weighted by atomic mass is 10.4. The number of hydrogen-bond acceptors (Lipinski definition) is 5. The molecule has 0 saturated carbocycles. The van der Waals surface area contributed by atoms with E-state index in [9.17, 15) is 4.79 Å². The van der Waals surface area contributed by atoms with Gasteiger partial charge < -0.3 is 15.5 Å². The summed E-state index contributed by atoms with van der Waals surface area (Å²) in [6.07, 6.45) is 1.58. The average Bonchev–Trinajstić information content (AvgIpc) is 2.30. The molecule has 6 heteroatoms. The molecule has 1 aromatic rings. The Morgan fingerprint density at radius 2 is 2.06 bits per heavy atom. The second-order valence-electron chi connectivity index (χ2n) is 3.70. The van der Waals surface area contributed by atoms with E-state index in [-0.39, 0.29) is 12.5 Å². The lowest BCUT2D eigenvalue weighted by Crippen LogP contribution is -2.39. The van der Waals surface area contributed by atoms with Gasteiger partial charge in [-0.2, -0.15) is 4.98 Å². The minimum absolute atomic E-state index is 0.0588. The minimum atomic E-state index is 0.0588. The van der Waals surface area contributed by atoms with E-state index in [1.165, 1.54) is 0 Å². The van der Waals surface area contributed by atoms with Gasteiger partial charge in [0.15, 0.2) is 0 Å². The summed E-state index contributed by atoms with van der Waals surface area (Å²) in [5.74, 6) is 0.922. The maximum Gasteiger partial charge on any atom is 0.242 e. The van der Waals surface area contributed by atoms with E-state index in [2.05, 4.69) is 9.97 Å². The predicted octanol–water partition coefficient (Wildman–Crippen LogP) is 0.363. The van der Waals surface area contributed by atoms with Gasteiger partial charge in [-0.1, -0.05) is 0 Å². The van der Waals surface area contributed by atoms with Crippen molar-refractivity contribution < 1.29 is 4.79 Å². The van der Waals surface area contributed by atoms with Gasteiger partial charge in [0, 0.05) is 26.3 Å². The number of nitrogens with two attached hydrogens (primary N) is 1. The summed E-state index contributed by atoms with van der Waals surface area (Å²) >= 11 is 0. The standard InChI is InChI=1S/C11H19N5O/c1-4-16(5-2)10(17)8-15(3)11-13-7-6-9(12)14-11/h6-7H,4-5,8H2,1-3H3,(H2,12,13,14). The molecule has 0 unspecified atom stereocenters. The molecule has 0 bridgehead atoms. The van der Waals surface area contributed by atoms with Crippen LogP contribution in [0.1, 0.15) is 13.8 Å². The number of aromatic nitrogens is 2. The fourth-order valence-electron chi connectivity index (χ4n) is 1.50. The number of hydrogen-bond donors (Lipinski definition) is 1. The Bertz CT molecular complexity index is 378. The number of rotatable bonds is 5. The highest BCUT2D eigenvalue weighted by Crippen LogP contribution is 2.06. The van der Waals surface area contributed by atoms with Crippen LogP contribution in [0.2, 0.25) is 0 Å². The molecule has 1 amide bonds. The molecule has 1 rings (SSSR count). The fourth-order valence-corrected chi connectivity index (χ4v) is 1.50. The van der Waals surface area contributed by atoms with Gasteiger partial charge in [-0.25, -0.2) is 4.98 Å². The number of nitrogens with zero attached hydrogens (tertiary/aromatic N) is 4. The van der Waals surface area contributed by atoms with Crippen molar-refractivity contribution in [2.24, 2.45) is 0 Å². The van der Waals surface area contributed by atoms with Crippen LogP contribution in [0.15, 0.2) is 12.3 Å². The van der Waals surface area contributed by atoms with Crippen molar-refractivity contribution in [3.63, 3.8) is 0 Å². The molecule has 0 aliphatic rings. The lowest BCUT2D eigenvalue weighted by Gasteiger charge is -2.23. The molecule has 0 radical (unpaired) electrons. The molecule has 6 nitrogen and oxygen atoms in total. The van der Waals surface area contributed by atoms with E-state index in [0.717, 1.165) is 0 Å². The molecule has 0 fully saturated rings. The lowest BCUT2D eigenvalue weighted by molar-refractivity contribution is -0.129. The van der Waals surface area contributed by atoms with E-state index in [4.69, 9.17) is 5.73 Å². The zero-order chi connectivity index (χ0) is 12.8. The van der Waals surface area contributed by atoms with Gasteiger partial charge in [0.05, 0.1) is 6.54 Å². The summed E-state index contributed by atoms with van der Waals surface area (Å²) in [5, 5.41) is 0. The molecule has 0 aliphatic carbocycles. The molecule has 0 aliphatic heterocycles. The number of carbonyl (C=O) groups excluding carboxylic acids is 1. The third kappa shape index (κ3) is 3.58. The van der Waals surface area contributed by atoms with Gasteiger partial charge >= 0.3 is 0 Å². The molecule has 0 spiro atoms. The number of nitrogen functional groups attached to an aromatic ring is 1. The van der Waals surface area contributed by atoms with Gasteiger partial charge in [-0.3, -0.25) is 4.79 Å². The Balaban J connectivity index is 2.66. The summed E-state index contributed by atoms with van der Waals surface area (Å²) in [6.45, 7) is 5.59. The first kappa shape index (κ1) is 13.2. The highest BCUT2D eigenvalue weighted by Gasteiger charge is 2.14. The smallest absolute Gasteiger partial charge is 0.242 e. The SMILES string of the molecule is CCN(CC)C(=O)CN(C)c1nccc(N)n1. The Morgan fingerprint density at radius 1 is 1.41 bits per heavy atom. The first-order valence-corrected chi connectivity index (χ1v) is 5.65. The van der Waals surface area contributed by atoms with Crippen LogP contribution in [0.4, 0.5) is 11.8 Å². The van der Waals surface area contributed by atoms with E-state index < -0.39 is 0 Å². The number of carbonyl (C=O) groups is 1. The topological polar surface area (TPSA) is 75.4 Å². The Morgan fingerprint density at radius 3 is 2.59 bits per heavy atom. The Labute approximate surface area is 101 Å². The molecule has 0 atom stereocenters. The van der Waals surface area contributed by atoms with Crippen LogP contribution < -0.4 is 10.6 Å². The molecule has 2 N–H and O–H groups in total. The van der Waals surface area contributed by atoms with Crippen LogP contribution in [0.25, 0.3) is 0 Å². The maximum atomic E-state index is 11.9. The molecule has 0 aromatic carbocycles. The molecule has 94 valence electrons. The molecular formula is C11H19N5O. The number of likely N-dealkylation sites (N-methyl/N-ethyl adjacent to an activating group) is 2. The summed E-state index contributed by atoms with van der Waals surface area (Å²) in [6, 6.07) is 1.61. The van der Waals surface area contributed by atoms with Crippen LogP contribution in [-0.4, -0.2) is 47.5 Å². The van der Waals surface area contributed by atoms with Crippen molar-refractivity contribution in [1.82, 2.24) is 14.9 Å². The minimum Gasteiger partial charge on any atom is -0.384 e. The van der Waals surface area contributed by atoms with Crippen LogP contribution >= 0.6 is 0 Å². The monoisotopic (exact) mass is 237 g/mol. The highest BCUT2D eigenvalue weighted by molar-refractivity contribution is 5.80. The van der Waals surface area contributed by atoms with Crippen LogP contribution in [0.3, 0.4) is 0 Å². The molecule has 1 aromatic heterocycles. The summed E-state index contributed by atoms with van der Waals surface area (Å²) < 4.78 is 0. The fraction of sp³-hybridized carbons (Fsp3) is 0.545. The van der Waals surface area contributed by atoms with Crippen LogP contribution in [0.5, 0.6) is 0 Å². The van der Waals surface area contributed by atoms with E-state index in [1.807, 2.05) is 13.8 Å². The Kier molecular flexibility index (Phi) is 4.68. The largest absolute Gasteiger partial charge is 0.384 e. The zero-order valence-electron chi connectivity index (χ0n) is 10.6. The Hall–Kier alpha value is -1.85. The van der Waals surface area contributed by atoms with Crippen molar-refractivity contribution in [3.05, 3.63) is 12.3 Å². The summed E-state index contributed by atoms with van der Waals surface area (Å²) in [7, 11) is 1.77. The predicted molar refractivity (Wildman–Crippen MR) is 67.6 cm³/mol. The van der Waals surface area contributed by atoms with Crippen molar-refractivity contribution >= 4 is 17.7 Å². The van der Waals surface area contributed by atoms with Crippen molar-refractivity contribution in [2.75, 3.05) is 37.3 Å². The van der Waals surface area contributed by atoms with Gasteiger partial charge in [0.1, 0.15) is 5.82 Å². The first-order valence-electron chi connectivity index (χ1n) is 5.65. The molecule has 0 saturated heterocycles. The van der Waals surface area contributed by atoms with Crippen LogP contribution in [0, 0.1) is 0 Å². The number of amides is 1. The highest BCUT2D eigenvalue weighted by atomic mass is 16.2. The third-order valence-corrected chi connectivity index (χ3v) is 2.49.